The van der Waals surface area contributed by atoms with Crippen molar-refractivity contribution in [3.63, 3.8) is 0 Å². The van der Waals surface area contributed by atoms with Gasteiger partial charge in [0.15, 0.2) is 6.03 Å². The van der Waals surface area contributed by atoms with Gasteiger partial charge in [-0.05, 0) is 79.3 Å². The van der Waals surface area contributed by atoms with Crippen molar-refractivity contribution in [3.05, 3.63) is 45.4 Å². The van der Waals surface area contributed by atoms with Crippen molar-refractivity contribution in [2.75, 3.05) is 22.8 Å². The van der Waals surface area contributed by atoms with Crippen molar-refractivity contribution >= 4 is 27.6 Å². The number of carbonyl (C=O) groups excluding carboxylic acids is 1. The molecule has 0 bridgehead atoms. The third-order valence-electron chi connectivity index (χ3n) is 6.55. The first-order chi connectivity index (χ1) is 15.4. The van der Waals surface area contributed by atoms with E-state index in [-0.39, 0.29) is 42.2 Å². The summed E-state index contributed by atoms with van der Waals surface area (Å²) in [6.45, 7) is 0.703. The number of aromatic nitrogens is 2. The van der Waals surface area contributed by atoms with Crippen LogP contribution in [0.15, 0.2) is 18.5 Å². The van der Waals surface area contributed by atoms with E-state index < -0.39 is 16.2 Å². The fourth-order valence-electron chi connectivity index (χ4n) is 5.09. The van der Waals surface area contributed by atoms with E-state index in [1.165, 1.54) is 22.0 Å². The molecule has 1 aromatic carbocycles. The minimum absolute atomic E-state index is 0. The number of fused-ring (bicyclic) bond motifs is 2. The number of benzene rings is 1. The quantitative estimate of drug-likeness (QED) is 0.595. The van der Waals surface area contributed by atoms with Gasteiger partial charge in [0.05, 0.1) is 24.5 Å². The smallest absolute Gasteiger partial charge is 0.423 e. The summed E-state index contributed by atoms with van der Waals surface area (Å²) in [6.07, 6.45) is 10.3. The zero-order chi connectivity index (χ0) is 22.3. The van der Waals surface area contributed by atoms with Crippen molar-refractivity contribution in [1.82, 2.24) is 9.78 Å². The molecule has 0 radical (unpaired) electrons. The third-order valence-corrected chi connectivity index (χ3v) is 7.87. The molecule has 1 saturated heterocycles. The van der Waals surface area contributed by atoms with Crippen LogP contribution in [0.4, 0.5) is 16.2 Å². The van der Waals surface area contributed by atoms with Crippen molar-refractivity contribution in [3.8, 4) is 0 Å². The van der Waals surface area contributed by atoms with Crippen LogP contribution in [0.5, 0.6) is 0 Å². The van der Waals surface area contributed by atoms with Gasteiger partial charge in [-0.1, -0.05) is 6.07 Å². The molecule has 1 fully saturated rings. The van der Waals surface area contributed by atoms with Crippen LogP contribution < -0.4 is 39.2 Å². The zero-order valence-corrected chi connectivity index (χ0v) is 22.0. The molecule has 2 heterocycles. The number of nitrogens with one attached hydrogen (secondary N) is 1. The fraction of sp³-hybridized carbons (Fsp3) is 0.545. The Morgan fingerprint density at radius 1 is 1.21 bits per heavy atom. The Bertz CT molecular complexity index is 1110. The van der Waals surface area contributed by atoms with Crippen LogP contribution >= 0.6 is 0 Å². The minimum atomic E-state index is -4.28. The van der Waals surface area contributed by atoms with E-state index in [4.69, 9.17) is 4.74 Å². The molecule has 0 unspecified atom stereocenters. The summed E-state index contributed by atoms with van der Waals surface area (Å²) in [5.41, 5.74) is 5.94. The Kier molecular flexibility index (Phi) is 7.40. The number of hydrogen-bond acceptors (Lipinski definition) is 5. The number of ether oxygens (including phenoxy) is 1. The van der Waals surface area contributed by atoms with Gasteiger partial charge in [0, 0.05) is 19.9 Å². The van der Waals surface area contributed by atoms with Crippen molar-refractivity contribution in [2.24, 2.45) is 7.05 Å². The summed E-state index contributed by atoms with van der Waals surface area (Å²) in [4.78, 5) is 12.9. The first-order valence-electron chi connectivity index (χ1n) is 11.2. The van der Waals surface area contributed by atoms with Crippen molar-refractivity contribution in [2.45, 2.75) is 57.5 Å². The molecular formula is C22H28N5NaO4S. The summed E-state index contributed by atoms with van der Waals surface area (Å²) < 4.78 is 38.3. The summed E-state index contributed by atoms with van der Waals surface area (Å²) in [5.74, 6) is 0. The molecule has 2 amide bonds. The fourth-order valence-corrected chi connectivity index (χ4v) is 6.16. The van der Waals surface area contributed by atoms with Crippen molar-refractivity contribution < 1.29 is 47.5 Å². The average Bonchev–Trinajstić information content (AvgIpc) is 3.52. The maximum Gasteiger partial charge on any atom is 1.00 e. The van der Waals surface area contributed by atoms with Crippen LogP contribution in [-0.2, 0) is 47.7 Å². The number of carbonyl (C=O) groups is 1. The number of anilines is 2. The number of urea groups is 1. The molecule has 2 aromatic rings. The molecule has 33 heavy (non-hydrogen) atoms. The van der Waals surface area contributed by atoms with Crippen LogP contribution in [-0.4, -0.2) is 43.5 Å². The number of amides is 2. The van der Waals surface area contributed by atoms with E-state index in [0.717, 1.165) is 72.5 Å². The van der Waals surface area contributed by atoms with Gasteiger partial charge in [0.25, 0.3) is 10.2 Å². The number of hydrogen-bond donors (Lipinski definition) is 1. The monoisotopic (exact) mass is 481 g/mol. The van der Waals surface area contributed by atoms with Gasteiger partial charge in [0.2, 0.25) is 0 Å². The molecule has 11 heteroatoms. The van der Waals surface area contributed by atoms with Gasteiger partial charge in [-0.15, -0.1) is 0 Å². The third kappa shape index (κ3) is 5.09. The molecule has 1 aromatic heterocycles. The Morgan fingerprint density at radius 3 is 2.48 bits per heavy atom. The Labute approximate surface area is 216 Å². The molecule has 0 spiro atoms. The molecule has 1 aliphatic heterocycles. The molecule has 2 aliphatic carbocycles. The first kappa shape index (κ1) is 24.5. The summed E-state index contributed by atoms with van der Waals surface area (Å²) in [7, 11) is -2.57. The first-order valence-corrected chi connectivity index (χ1v) is 12.6. The topological polar surface area (TPSA) is 108 Å². The van der Waals surface area contributed by atoms with E-state index in [2.05, 4.69) is 21.2 Å². The van der Waals surface area contributed by atoms with Gasteiger partial charge < -0.3 is 14.8 Å². The predicted octanol–water partition coefficient (Wildman–Crippen LogP) is 0.238. The Balaban J connectivity index is 0.00000259. The zero-order valence-electron chi connectivity index (χ0n) is 19.2. The average molecular weight is 482 g/mol. The summed E-state index contributed by atoms with van der Waals surface area (Å²) in [6, 6.07) is 1.40. The second-order valence-corrected chi connectivity index (χ2v) is 10.3. The number of aryl methyl sites for hydroxylation is 3. The molecule has 3 aliphatic rings. The largest absolute Gasteiger partial charge is 1.00 e. The maximum absolute atomic E-state index is 13.2. The molecule has 0 saturated carbocycles. The van der Waals surface area contributed by atoms with Gasteiger partial charge in [-0.2, -0.15) is 5.10 Å². The molecule has 9 nitrogen and oxygen atoms in total. The molecule has 5 rings (SSSR count). The van der Waals surface area contributed by atoms with E-state index >= 15 is 0 Å². The van der Waals surface area contributed by atoms with Gasteiger partial charge >= 0.3 is 29.6 Å². The Morgan fingerprint density at radius 2 is 1.91 bits per heavy atom. The van der Waals surface area contributed by atoms with E-state index in [0.29, 0.717) is 12.3 Å². The van der Waals surface area contributed by atoms with Gasteiger partial charge in [-0.25, -0.2) is 8.42 Å². The van der Waals surface area contributed by atoms with Gasteiger partial charge in [-0.3, -0.25) is 13.8 Å². The maximum atomic E-state index is 13.2. The van der Waals surface area contributed by atoms with Crippen LogP contribution in [0.3, 0.4) is 0 Å². The van der Waals surface area contributed by atoms with Crippen molar-refractivity contribution in [1.29, 1.82) is 0 Å². The Hall–Kier alpha value is -1.59. The van der Waals surface area contributed by atoms with Crippen LogP contribution in [0, 0.1) is 0 Å². The van der Waals surface area contributed by atoms with E-state index in [1.807, 2.05) is 0 Å². The van der Waals surface area contributed by atoms with E-state index in [9.17, 15) is 13.2 Å². The molecule has 1 atom stereocenters. The normalized spacial score (nSPS) is 19.0. The second kappa shape index (κ2) is 9.95. The van der Waals surface area contributed by atoms with Gasteiger partial charge in [0.1, 0.15) is 0 Å². The van der Waals surface area contributed by atoms with Crippen LogP contribution in [0.2, 0.25) is 0 Å². The minimum Gasteiger partial charge on any atom is -0.423 e. The van der Waals surface area contributed by atoms with E-state index in [1.54, 1.807) is 13.2 Å². The molecule has 172 valence electrons. The number of rotatable bonds is 6. The standard InChI is InChI=1S/C22H29N5O4S.Na/c1-26-13-17(12-23-26)27(14-18-7-4-10-31-18)32(29,30)25-22(28)24-21-19-8-2-5-15(19)11-16-6-3-9-20(16)21;/h11-13,18H,2-10,14H2,1H3,(H2,24,25,28);/q;+1/p-1/t18-;/m1./s1. The summed E-state index contributed by atoms with van der Waals surface area (Å²) >= 11 is 0. The SMILES string of the molecule is Cn1cc(N(C[C@H]2CCCO2)S(=O)(=O)[N-]C(=O)Nc2c3c(cc4c2CCC4)CCC3)cn1.[Na+]. The predicted molar refractivity (Wildman–Crippen MR) is 121 cm³/mol. The van der Waals surface area contributed by atoms with Crippen LogP contribution in [0.25, 0.3) is 4.72 Å². The van der Waals surface area contributed by atoms with Crippen LogP contribution in [0.1, 0.15) is 47.9 Å². The molecular weight excluding hydrogens is 453 g/mol. The number of nitrogens with zero attached hydrogens (tertiary/aromatic N) is 4. The molecule has 1 N–H and O–H groups in total. The summed E-state index contributed by atoms with van der Waals surface area (Å²) in [5, 5.41) is 6.92. The second-order valence-electron chi connectivity index (χ2n) is 8.77.